The van der Waals surface area contributed by atoms with Crippen molar-refractivity contribution in [3.05, 3.63) is 120 Å². The number of anilines is 2. The van der Waals surface area contributed by atoms with E-state index in [4.69, 9.17) is 15.7 Å². The minimum atomic E-state index is -0.290. The van der Waals surface area contributed by atoms with E-state index in [0.717, 1.165) is 29.7 Å². The average Bonchev–Trinajstić information content (AvgIpc) is 3.84. The summed E-state index contributed by atoms with van der Waals surface area (Å²) < 4.78 is 3.70. The maximum Gasteiger partial charge on any atom is 0.253 e. The predicted molar refractivity (Wildman–Crippen MR) is 185 cm³/mol. The molecule has 0 aliphatic heterocycles. The summed E-state index contributed by atoms with van der Waals surface area (Å²) >= 11 is 0. The first-order valence-corrected chi connectivity index (χ1v) is 15.6. The lowest BCUT2D eigenvalue weighted by Gasteiger charge is -2.17. The number of carbonyl (C=O) groups excluding carboxylic acids is 2. The fourth-order valence-corrected chi connectivity index (χ4v) is 5.98. The number of rotatable bonds is 9. The van der Waals surface area contributed by atoms with Gasteiger partial charge in [-0.2, -0.15) is 5.10 Å². The van der Waals surface area contributed by atoms with Gasteiger partial charge in [0.2, 0.25) is 5.91 Å². The summed E-state index contributed by atoms with van der Waals surface area (Å²) in [6.45, 7) is 0.636. The van der Waals surface area contributed by atoms with E-state index in [1.54, 1.807) is 47.4 Å². The Morgan fingerprint density at radius 1 is 1.02 bits per heavy atom. The van der Waals surface area contributed by atoms with Gasteiger partial charge in [-0.3, -0.25) is 14.2 Å². The molecule has 4 N–H and O–H groups in total. The lowest BCUT2D eigenvalue weighted by atomic mass is 10.1. The highest BCUT2D eigenvalue weighted by Crippen LogP contribution is 2.36. The Kier molecular flexibility index (Phi) is 8.22. The second-order valence-electron chi connectivity index (χ2n) is 11.8. The van der Waals surface area contributed by atoms with Crippen molar-refractivity contribution in [1.29, 1.82) is 0 Å². The minimum absolute atomic E-state index is 0.192. The van der Waals surface area contributed by atoms with E-state index in [2.05, 4.69) is 26.8 Å². The molecule has 0 bridgehead atoms. The normalized spacial score (nSPS) is 14.1. The third-order valence-electron chi connectivity index (χ3n) is 8.25. The van der Waals surface area contributed by atoms with Gasteiger partial charge in [0.15, 0.2) is 17.3 Å². The van der Waals surface area contributed by atoms with Crippen LogP contribution in [0.15, 0.2) is 104 Å². The van der Waals surface area contributed by atoms with Crippen molar-refractivity contribution in [2.45, 2.75) is 18.9 Å². The lowest BCUT2D eigenvalue weighted by molar-refractivity contribution is -0.111. The van der Waals surface area contributed by atoms with Crippen LogP contribution in [0.25, 0.3) is 34.1 Å². The number of carbonyl (C=O) groups is 2. The number of benzene rings is 2. The third kappa shape index (κ3) is 6.04. The van der Waals surface area contributed by atoms with Gasteiger partial charge in [-0.1, -0.05) is 24.3 Å². The van der Waals surface area contributed by atoms with Gasteiger partial charge in [0.05, 0.1) is 22.9 Å². The second kappa shape index (κ2) is 12.9. The summed E-state index contributed by atoms with van der Waals surface area (Å²) in [7, 11) is 3.85. The fraction of sp³-hybridized carbons (Fsp3) is 0.167. The number of hydrogen-bond donors (Lipinski definition) is 3. The van der Waals surface area contributed by atoms with Crippen molar-refractivity contribution >= 4 is 34.5 Å². The van der Waals surface area contributed by atoms with Crippen molar-refractivity contribution in [2.24, 2.45) is 0 Å². The standard InChI is InChI=1S/C36H34N10O2/c1-44(2)20-6-11-32(47)40-28-10-4-3-8-26(28)36(48)42-29-15-12-23-22-24(13-14-25(23)29)46-34(27-9-5-18-38-33(27)37)41-30-16-17-31(43-35(30)46)45-21-7-19-39-45/h3-11,13-14,16-19,21-22,29H,12,15,20H2,1-2H3,(H2,37,38)(H,40,47)(H,42,48)/b11-6+. The van der Waals surface area contributed by atoms with E-state index >= 15 is 0 Å². The van der Waals surface area contributed by atoms with E-state index in [-0.39, 0.29) is 17.9 Å². The number of para-hydroxylation sites is 1. The van der Waals surface area contributed by atoms with Crippen molar-refractivity contribution in [1.82, 2.24) is 39.5 Å². The molecule has 1 unspecified atom stereocenters. The minimum Gasteiger partial charge on any atom is -0.383 e. The Labute approximate surface area is 277 Å². The van der Waals surface area contributed by atoms with Gasteiger partial charge in [0.1, 0.15) is 11.3 Å². The van der Waals surface area contributed by atoms with E-state index in [9.17, 15) is 9.59 Å². The van der Waals surface area contributed by atoms with Gasteiger partial charge in [-0.15, -0.1) is 0 Å². The van der Waals surface area contributed by atoms with E-state index < -0.39 is 0 Å². The number of aryl methyl sites for hydroxylation is 1. The first-order valence-electron chi connectivity index (χ1n) is 15.6. The number of amides is 2. The van der Waals surface area contributed by atoms with Gasteiger partial charge in [-0.25, -0.2) is 19.6 Å². The van der Waals surface area contributed by atoms with Crippen LogP contribution in [-0.4, -0.2) is 66.7 Å². The largest absolute Gasteiger partial charge is 0.383 e. The molecule has 1 atom stereocenters. The van der Waals surface area contributed by atoms with Crippen LogP contribution in [0.3, 0.4) is 0 Å². The van der Waals surface area contributed by atoms with Crippen LogP contribution in [0, 0.1) is 0 Å². The summed E-state index contributed by atoms with van der Waals surface area (Å²) in [5.41, 5.74) is 12.3. The van der Waals surface area contributed by atoms with Crippen LogP contribution < -0.4 is 16.4 Å². The molecule has 2 aromatic carbocycles. The molecule has 1 aliphatic rings. The SMILES string of the molecule is CN(C)C/C=C/C(=O)Nc1ccccc1C(=O)NC1CCc2cc(-n3c(-c4cccnc4N)nc4ccc(-n5cccn5)nc43)ccc21. The third-order valence-corrected chi connectivity index (χ3v) is 8.25. The van der Waals surface area contributed by atoms with Crippen molar-refractivity contribution in [3.8, 4) is 22.9 Å². The van der Waals surface area contributed by atoms with Gasteiger partial charge >= 0.3 is 0 Å². The van der Waals surface area contributed by atoms with Gasteiger partial charge in [0.25, 0.3) is 5.91 Å². The number of nitrogen functional groups attached to an aromatic ring is 1. The number of likely N-dealkylation sites (N-methyl/N-ethyl adjacent to an activating group) is 1. The number of imidazole rings is 1. The molecular formula is C36H34N10O2. The Morgan fingerprint density at radius 2 is 1.90 bits per heavy atom. The summed E-state index contributed by atoms with van der Waals surface area (Å²) in [5, 5.41) is 10.4. The topological polar surface area (TPSA) is 149 Å². The molecule has 2 amide bonds. The predicted octanol–water partition coefficient (Wildman–Crippen LogP) is 4.72. The monoisotopic (exact) mass is 638 g/mol. The maximum atomic E-state index is 13.5. The molecule has 240 valence electrons. The second-order valence-corrected chi connectivity index (χ2v) is 11.8. The molecule has 0 saturated carbocycles. The number of pyridine rings is 2. The number of hydrogen-bond acceptors (Lipinski definition) is 8. The first kappa shape index (κ1) is 30.5. The molecule has 6 aromatic rings. The molecule has 0 fully saturated rings. The van der Waals surface area contributed by atoms with E-state index in [1.807, 2.05) is 72.2 Å². The van der Waals surface area contributed by atoms with Crippen LogP contribution >= 0.6 is 0 Å². The molecule has 4 heterocycles. The Morgan fingerprint density at radius 3 is 2.71 bits per heavy atom. The highest BCUT2D eigenvalue weighted by atomic mass is 16.2. The van der Waals surface area contributed by atoms with Gasteiger partial charge < -0.3 is 21.3 Å². The zero-order valence-electron chi connectivity index (χ0n) is 26.5. The molecule has 0 radical (unpaired) electrons. The molecular weight excluding hydrogens is 604 g/mol. The highest BCUT2D eigenvalue weighted by molar-refractivity contribution is 6.06. The first-order chi connectivity index (χ1) is 23.4. The molecule has 1 aliphatic carbocycles. The van der Waals surface area contributed by atoms with Crippen LogP contribution in [-0.2, 0) is 11.2 Å². The number of fused-ring (bicyclic) bond motifs is 2. The zero-order chi connectivity index (χ0) is 33.2. The molecule has 0 saturated heterocycles. The Bertz CT molecular complexity index is 2170. The van der Waals surface area contributed by atoms with Crippen molar-refractivity contribution in [3.63, 3.8) is 0 Å². The molecule has 4 aromatic heterocycles. The number of aromatic nitrogens is 6. The van der Waals surface area contributed by atoms with Crippen molar-refractivity contribution < 1.29 is 9.59 Å². The van der Waals surface area contributed by atoms with Gasteiger partial charge in [-0.05, 0) is 92.7 Å². The average molecular weight is 639 g/mol. The number of nitrogens with zero attached hydrogens (tertiary/aromatic N) is 7. The Hall–Kier alpha value is -6.14. The van der Waals surface area contributed by atoms with E-state index in [1.165, 1.54) is 6.08 Å². The molecule has 7 rings (SSSR count). The lowest BCUT2D eigenvalue weighted by Crippen LogP contribution is -2.28. The van der Waals surface area contributed by atoms with E-state index in [0.29, 0.717) is 52.0 Å². The van der Waals surface area contributed by atoms with Crippen LogP contribution in [0.5, 0.6) is 0 Å². The summed E-state index contributed by atoms with van der Waals surface area (Å²) in [5.74, 6) is 1.10. The van der Waals surface area contributed by atoms with Gasteiger partial charge in [0, 0.05) is 36.9 Å². The van der Waals surface area contributed by atoms with Crippen molar-refractivity contribution in [2.75, 3.05) is 31.7 Å². The maximum absolute atomic E-state index is 13.5. The molecule has 0 spiro atoms. The summed E-state index contributed by atoms with van der Waals surface area (Å²) in [6, 6.07) is 22.4. The summed E-state index contributed by atoms with van der Waals surface area (Å²) in [6.07, 6.45) is 9.96. The smallest absolute Gasteiger partial charge is 0.253 e. The van der Waals surface area contributed by atoms with Crippen LogP contribution in [0.1, 0.15) is 33.9 Å². The molecule has 12 nitrogen and oxygen atoms in total. The molecule has 12 heteroatoms. The fourth-order valence-electron chi connectivity index (χ4n) is 5.98. The zero-order valence-corrected chi connectivity index (χ0v) is 26.5. The van der Waals surface area contributed by atoms with Crippen LogP contribution in [0.2, 0.25) is 0 Å². The molecule has 48 heavy (non-hydrogen) atoms. The quantitative estimate of drug-likeness (QED) is 0.193. The number of nitrogens with one attached hydrogen (secondary N) is 2. The summed E-state index contributed by atoms with van der Waals surface area (Å²) in [4.78, 5) is 42.2. The highest BCUT2D eigenvalue weighted by Gasteiger charge is 2.27. The number of nitrogens with two attached hydrogens (primary N) is 1. The Balaban J connectivity index is 1.19. The van der Waals surface area contributed by atoms with Crippen LogP contribution in [0.4, 0.5) is 11.5 Å².